The van der Waals surface area contributed by atoms with E-state index in [9.17, 15) is 4.79 Å². The van der Waals surface area contributed by atoms with Gasteiger partial charge in [-0.1, -0.05) is 0 Å². The van der Waals surface area contributed by atoms with Crippen molar-refractivity contribution in [2.24, 2.45) is 7.05 Å². The van der Waals surface area contributed by atoms with E-state index >= 15 is 0 Å². The summed E-state index contributed by atoms with van der Waals surface area (Å²) < 4.78 is 28.1. The minimum absolute atomic E-state index is 0.157. The van der Waals surface area contributed by atoms with Crippen LogP contribution in [0.3, 0.4) is 0 Å². The molecule has 3 aromatic heterocycles. The number of hydrogen-bond acceptors (Lipinski definition) is 5. The molecular weight excluding hydrogens is 354 g/mol. The second-order valence-electron chi connectivity index (χ2n) is 6.32. The quantitative estimate of drug-likeness (QED) is 0.588. The number of aromatic nitrogens is 4. The number of carbonyl (C=O) groups is 1. The Balaban J connectivity index is 1.55. The maximum absolute atomic E-state index is 12.6. The van der Waals surface area contributed by atoms with Crippen LogP contribution >= 0.6 is 0 Å². The normalized spacial score (nSPS) is 12.9. The molecular formula is C21H19N5O2. The van der Waals surface area contributed by atoms with Gasteiger partial charge in [0.15, 0.2) is 0 Å². The highest BCUT2D eigenvalue weighted by atomic mass is 16.5. The Morgan fingerprint density at radius 2 is 1.93 bits per heavy atom. The summed E-state index contributed by atoms with van der Waals surface area (Å²) in [5.74, 6) is 1.05. The molecule has 0 unspecified atom stereocenters. The van der Waals surface area contributed by atoms with Gasteiger partial charge in [-0.2, -0.15) is 0 Å². The topological polar surface area (TPSA) is 81.9 Å². The van der Waals surface area contributed by atoms with Crippen molar-refractivity contribution < 1.29 is 13.6 Å². The van der Waals surface area contributed by atoms with Crippen LogP contribution in [0.2, 0.25) is 0 Å². The van der Waals surface area contributed by atoms with Gasteiger partial charge in [0.25, 0.3) is 5.91 Å². The summed E-state index contributed by atoms with van der Waals surface area (Å²) >= 11 is 0. The molecule has 0 spiro atoms. The maximum atomic E-state index is 12.6. The van der Waals surface area contributed by atoms with E-state index in [-0.39, 0.29) is 11.7 Å². The van der Waals surface area contributed by atoms with Crippen molar-refractivity contribution >= 4 is 22.6 Å². The predicted molar refractivity (Wildman–Crippen MR) is 107 cm³/mol. The van der Waals surface area contributed by atoms with Crippen molar-refractivity contribution in [2.75, 3.05) is 12.4 Å². The van der Waals surface area contributed by atoms with Gasteiger partial charge in [0.05, 0.1) is 34.8 Å². The molecule has 0 aliphatic heterocycles. The highest BCUT2D eigenvalue weighted by Crippen LogP contribution is 2.24. The highest BCUT2D eigenvalue weighted by Gasteiger charge is 2.10. The molecule has 0 aliphatic carbocycles. The van der Waals surface area contributed by atoms with Gasteiger partial charge < -0.3 is 14.6 Å². The molecule has 4 aromatic rings. The number of aryl methyl sites for hydroxylation is 1. The Morgan fingerprint density at radius 1 is 1.11 bits per heavy atom. The van der Waals surface area contributed by atoms with Crippen LogP contribution in [0.4, 0.5) is 5.82 Å². The van der Waals surface area contributed by atoms with E-state index < -0.39 is 7.04 Å². The molecule has 7 nitrogen and oxygen atoms in total. The van der Waals surface area contributed by atoms with E-state index in [0.717, 1.165) is 22.5 Å². The number of pyridine rings is 2. The summed E-state index contributed by atoms with van der Waals surface area (Å²) in [7, 11) is -0.603. The molecule has 140 valence electrons. The molecule has 0 saturated heterocycles. The number of hydrogen-bond donors (Lipinski definition) is 1. The van der Waals surface area contributed by atoms with E-state index in [0.29, 0.717) is 16.9 Å². The van der Waals surface area contributed by atoms with Crippen molar-refractivity contribution in [1.29, 1.82) is 0 Å². The summed E-state index contributed by atoms with van der Waals surface area (Å²) in [5.41, 5.74) is 2.89. The van der Waals surface area contributed by atoms with Crippen LogP contribution in [-0.4, -0.2) is 32.5 Å². The average Bonchev–Trinajstić information content (AvgIpc) is 3.05. The number of carbonyl (C=O) groups excluding carboxylic acids is 1. The number of nitrogens with zero attached hydrogens (tertiary/aromatic N) is 4. The van der Waals surface area contributed by atoms with Crippen LogP contribution in [0.5, 0.6) is 5.75 Å². The average molecular weight is 376 g/mol. The first-order chi connectivity index (χ1) is 14.7. The zero-order valence-corrected chi connectivity index (χ0v) is 15.3. The monoisotopic (exact) mass is 376 g/mol. The summed E-state index contributed by atoms with van der Waals surface area (Å²) in [6.07, 6.45) is 5.15. The zero-order chi connectivity index (χ0) is 22.2. The molecule has 1 N–H and O–H groups in total. The maximum Gasteiger partial charge on any atom is 0.256 e. The molecule has 7 heteroatoms. The molecule has 4 rings (SSSR count). The third kappa shape index (κ3) is 3.29. The van der Waals surface area contributed by atoms with Crippen molar-refractivity contribution in [1.82, 2.24) is 19.5 Å². The summed E-state index contributed by atoms with van der Waals surface area (Å²) in [6, 6.07) is 9.56. The molecule has 0 fully saturated rings. The van der Waals surface area contributed by atoms with Crippen LogP contribution < -0.4 is 10.1 Å². The Kier molecular flexibility index (Phi) is 3.64. The lowest BCUT2D eigenvalue weighted by Crippen LogP contribution is -2.12. The molecule has 0 bridgehead atoms. The van der Waals surface area contributed by atoms with Crippen LogP contribution in [0.25, 0.3) is 22.2 Å². The van der Waals surface area contributed by atoms with Crippen molar-refractivity contribution in [3.63, 3.8) is 0 Å². The first-order valence-electron chi connectivity index (χ1n) is 10.0. The number of anilines is 1. The Bertz CT molecular complexity index is 1270. The van der Waals surface area contributed by atoms with E-state index in [1.807, 2.05) is 24.6 Å². The fourth-order valence-electron chi connectivity index (χ4n) is 2.87. The van der Waals surface area contributed by atoms with Crippen LogP contribution in [0.1, 0.15) is 20.3 Å². The number of nitrogens with one attached hydrogen (secondary N) is 1. The molecule has 1 amide bonds. The van der Waals surface area contributed by atoms with Gasteiger partial charge in [0.2, 0.25) is 0 Å². The standard InChI is InChI=1S/C21H19N5O2/c1-13-22-12-19(26(13)2)16-8-15-9-20(24-11-18(15)23-10-16)25-21(27)14-4-6-17(28-3)7-5-14/h4-12H,1-3H3,(H,24,25,27)/i3D3. The first-order valence-corrected chi connectivity index (χ1v) is 8.54. The van der Waals surface area contributed by atoms with Crippen LogP contribution in [0, 0.1) is 6.92 Å². The fourth-order valence-corrected chi connectivity index (χ4v) is 2.87. The number of methoxy groups -OCH3 is 1. The molecule has 0 atom stereocenters. The van der Waals surface area contributed by atoms with Gasteiger partial charge in [-0.25, -0.2) is 9.97 Å². The lowest BCUT2D eigenvalue weighted by atomic mass is 10.1. The van der Waals surface area contributed by atoms with E-state index in [4.69, 9.17) is 8.85 Å². The number of imidazole rings is 1. The number of ether oxygens (including phenoxy) is 1. The van der Waals surface area contributed by atoms with Crippen molar-refractivity contribution in [3.05, 3.63) is 66.4 Å². The third-order valence-corrected chi connectivity index (χ3v) is 4.56. The Labute approximate surface area is 166 Å². The Hall–Kier alpha value is -3.74. The van der Waals surface area contributed by atoms with Gasteiger partial charge in [0, 0.05) is 29.8 Å². The molecule has 3 heterocycles. The van der Waals surface area contributed by atoms with Gasteiger partial charge in [-0.3, -0.25) is 9.78 Å². The third-order valence-electron chi connectivity index (χ3n) is 4.56. The van der Waals surface area contributed by atoms with Gasteiger partial charge in [-0.15, -0.1) is 0 Å². The summed E-state index contributed by atoms with van der Waals surface area (Å²) in [5, 5.41) is 3.57. The smallest absolute Gasteiger partial charge is 0.256 e. The van der Waals surface area contributed by atoms with E-state index in [2.05, 4.69) is 20.3 Å². The van der Waals surface area contributed by atoms with Gasteiger partial charge in [-0.05, 0) is 43.3 Å². The molecule has 0 aliphatic rings. The molecule has 1 aromatic carbocycles. The highest BCUT2D eigenvalue weighted by molar-refractivity contribution is 6.04. The number of benzene rings is 1. The second kappa shape index (κ2) is 7.11. The number of fused-ring (bicyclic) bond motifs is 1. The van der Waals surface area contributed by atoms with Gasteiger partial charge in [0.1, 0.15) is 17.4 Å². The van der Waals surface area contributed by atoms with Crippen molar-refractivity contribution in [2.45, 2.75) is 6.92 Å². The van der Waals surface area contributed by atoms with Crippen molar-refractivity contribution in [3.8, 4) is 17.0 Å². The fraction of sp³-hybridized carbons (Fsp3) is 0.143. The number of amides is 1. The second-order valence-corrected chi connectivity index (χ2v) is 6.32. The van der Waals surface area contributed by atoms with Crippen LogP contribution in [-0.2, 0) is 7.05 Å². The predicted octanol–water partition coefficient (Wildman–Crippen LogP) is 3.60. The summed E-state index contributed by atoms with van der Waals surface area (Å²) in [4.78, 5) is 25.6. The molecule has 0 radical (unpaired) electrons. The zero-order valence-electron chi connectivity index (χ0n) is 18.3. The largest absolute Gasteiger partial charge is 0.497 e. The number of rotatable bonds is 4. The summed E-state index contributed by atoms with van der Waals surface area (Å²) in [6.45, 7) is 1.93. The lowest BCUT2D eigenvalue weighted by Gasteiger charge is -2.08. The Morgan fingerprint density at radius 3 is 2.64 bits per heavy atom. The van der Waals surface area contributed by atoms with E-state index in [1.165, 1.54) is 24.3 Å². The van der Waals surface area contributed by atoms with Crippen LogP contribution in [0.15, 0.2) is 55.0 Å². The van der Waals surface area contributed by atoms with Gasteiger partial charge >= 0.3 is 0 Å². The lowest BCUT2D eigenvalue weighted by molar-refractivity contribution is 0.102. The molecule has 28 heavy (non-hydrogen) atoms. The minimum Gasteiger partial charge on any atom is -0.497 e. The van der Waals surface area contributed by atoms with E-state index in [1.54, 1.807) is 24.7 Å². The molecule has 0 saturated carbocycles. The first kappa shape index (κ1) is 14.3. The minimum atomic E-state index is -2.54. The SMILES string of the molecule is [2H]C([2H])([2H])Oc1ccc(C(=O)Nc2cc3cc(-c4cnc(C)n4C)cnc3cn2)cc1.